The number of nitrogens with one attached hydrogen (secondary N) is 1. The van der Waals surface area contributed by atoms with E-state index >= 15 is 0 Å². The Hall–Kier alpha value is -0.740. The van der Waals surface area contributed by atoms with Crippen LogP contribution in [0.4, 0.5) is 5.82 Å². The molecule has 18 heavy (non-hydrogen) atoms. The van der Waals surface area contributed by atoms with Gasteiger partial charge in [-0.25, -0.2) is 4.98 Å². The van der Waals surface area contributed by atoms with Gasteiger partial charge in [0.25, 0.3) is 0 Å². The molecule has 2 heterocycles. The summed E-state index contributed by atoms with van der Waals surface area (Å²) in [6.45, 7) is 8.76. The van der Waals surface area contributed by atoms with Crippen molar-refractivity contribution in [3.8, 4) is 0 Å². The zero-order chi connectivity index (χ0) is 12.8. The second kappa shape index (κ2) is 7.00. The minimum absolute atomic E-state index is 0.804. The molecule has 100 valence electrons. The summed E-state index contributed by atoms with van der Waals surface area (Å²) in [5.41, 5.74) is 1.32. The molecule has 1 aromatic rings. The average Bonchev–Trinajstić information content (AvgIpc) is 2.41. The first-order valence-electron chi connectivity index (χ1n) is 6.85. The Bertz CT molecular complexity index is 370. The van der Waals surface area contributed by atoms with Gasteiger partial charge in [-0.05, 0) is 19.4 Å². The first-order chi connectivity index (χ1) is 8.83. The third-order valence-electron chi connectivity index (χ3n) is 3.31. The molecule has 1 aliphatic rings. The van der Waals surface area contributed by atoms with Gasteiger partial charge in [-0.2, -0.15) is 11.8 Å². The zero-order valence-corrected chi connectivity index (χ0v) is 12.2. The van der Waals surface area contributed by atoms with Crippen LogP contribution in [0.15, 0.2) is 18.3 Å². The van der Waals surface area contributed by atoms with Crippen molar-refractivity contribution in [2.75, 3.05) is 30.7 Å². The van der Waals surface area contributed by atoms with Crippen molar-refractivity contribution < 1.29 is 0 Å². The standard InChI is InChI=1S/C14H23N3S/c1-3-13-11-17(8-9-18-13)10-12-6-5-7-16-14(12)15-4-2/h5-7,13H,3-4,8-11H2,1-2H3,(H,15,16). The molecule has 0 aromatic carbocycles. The van der Waals surface area contributed by atoms with Crippen molar-refractivity contribution in [1.29, 1.82) is 0 Å². The molecule has 1 aromatic heterocycles. The number of hydrogen-bond acceptors (Lipinski definition) is 4. The summed E-state index contributed by atoms with van der Waals surface area (Å²) in [6, 6.07) is 4.22. The number of aromatic nitrogens is 1. The fourth-order valence-corrected chi connectivity index (χ4v) is 3.55. The van der Waals surface area contributed by atoms with E-state index in [0.29, 0.717) is 0 Å². The van der Waals surface area contributed by atoms with Crippen molar-refractivity contribution in [1.82, 2.24) is 9.88 Å². The Morgan fingerprint density at radius 3 is 3.17 bits per heavy atom. The Balaban J connectivity index is 1.99. The highest BCUT2D eigenvalue weighted by atomic mass is 32.2. The molecule has 0 amide bonds. The molecule has 1 unspecified atom stereocenters. The highest BCUT2D eigenvalue weighted by Crippen LogP contribution is 2.23. The van der Waals surface area contributed by atoms with Gasteiger partial charge in [0.15, 0.2) is 0 Å². The number of hydrogen-bond donors (Lipinski definition) is 1. The molecule has 1 saturated heterocycles. The molecule has 2 rings (SSSR count). The molecule has 0 aliphatic carbocycles. The van der Waals surface area contributed by atoms with Crippen LogP contribution in [0, 0.1) is 0 Å². The van der Waals surface area contributed by atoms with Gasteiger partial charge in [0.2, 0.25) is 0 Å². The molecule has 3 nitrogen and oxygen atoms in total. The van der Waals surface area contributed by atoms with E-state index in [0.717, 1.165) is 24.2 Å². The maximum absolute atomic E-state index is 4.43. The molecule has 1 fully saturated rings. The first-order valence-corrected chi connectivity index (χ1v) is 7.90. The minimum Gasteiger partial charge on any atom is -0.370 e. The zero-order valence-electron chi connectivity index (χ0n) is 11.4. The molecule has 4 heteroatoms. The van der Waals surface area contributed by atoms with Crippen LogP contribution in [0.5, 0.6) is 0 Å². The smallest absolute Gasteiger partial charge is 0.130 e. The SMILES string of the molecule is CCNc1ncccc1CN1CCSC(CC)C1. The van der Waals surface area contributed by atoms with E-state index in [1.807, 2.05) is 12.3 Å². The van der Waals surface area contributed by atoms with E-state index in [2.05, 4.69) is 46.9 Å². The summed E-state index contributed by atoms with van der Waals surface area (Å²) in [4.78, 5) is 6.99. The molecule has 0 bridgehead atoms. The summed E-state index contributed by atoms with van der Waals surface area (Å²) in [7, 11) is 0. The van der Waals surface area contributed by atoms with Crippen LogP contribution in [0.2, 0.25) is 0 Å². The van der Waals surface area contributed by atoms with Gasteiger partial charge >= 0.3 is 0 Å². The van der Waals surface area contributed by atoms with Gasteiger partial charge in [0.1, 0.15) is 5.82 Å². The van der Waals surface area contributed by atoms with Crippen LogP contribution in [-0.4, -0.2) is 40.5 Å². The predicted molar refractivity (Wildman–Crippen MR) is 80.2 cm³/mol. The number of nitrogens with zero attached hydrogens (tertiary/aromatic N) is 2. The maximum atomic E-state index is 4.43. The predicted octanol–water partition coefficient (Wildman–Crippen LogP) is 2.84. The summed E-state index contributed by atoms with van der Waals surface area (Å²) < 4.78 is 0. The van der Waals surface area contributed by atoms with E-state index < -0.39 is 0 Å². The monoisotopic (exact) mass is 265 g/mol. The third kappa shape index (κ3) is 3.62. The van der Waals surface area contributed by atoms with Crippen LogP contribution < -0.4 is 5.32 Å². The third-order valence-corrected chi connectivity index (χ3v) is 4.68. The lowest BCUT2D eigenvalue weighted by molar-refractivity contribution is 0.273. The summed E-state index contributed by atoms with van der Waals surface area (Å²) >= 11 is 2.12. The number of thioether (sulfide) groups is 1. The van der Waals surface area contributed by atoms with Crippen molar-refractivity contribution in [3.05, 3.63) is 23.9 Å². The van der Waals surface area contributed by atoms with Crippen molar-refractivity contribution >= 4 is 17.6 Å². The lowest BCUT2D eigenvalue weighted by Crippen LogP contribution is -2.37. The molecule has 0 radical (unpaired) electrons. The van der Waals surface area contributed by atoms with Crippen molar-refractivity contribution in [2.45, 2.75) is 32.1 Å². The molecular weight excluding hydrogens is 242 g/mol. The largest absolute Gasteiger partial charge is 0.370 e. The topological polar surface area (TPSA) is 28.2 Å². The van der Waals surface area contributed by atoms with E-state index in [-0.39, 0.29) is 0 Å². The Morgan fingerprint density at radius 1 is 1.50 bits per heavy atom. The van der Waals surface area contributed by atoms with Crippen LogP contribution in [0.1, 0.15) is 25.8 Å². The minimum atomic E-state index is 0.804. The van der Waals surface area contributed by atoms with Gasteiger partial charge in [-0.1, -0.05) is 13.0 Å². The van der Waals surface area contributed by atoms with Gasteiger partial charge in [0.05, 0.1) is 0 Å². The number of anilines is 1. The van der Waals surface area contributed by atoms with Gasteiger partial charge in [0, 0.05) is 48.9 Å². The Morgan fingerprint density at radius 2 is 2.39 bits per heavy atom. The molecule has 1 atom stereocenters. The highest BCUT2D eigenvalue weighted by Gasteiger charge is 2.19. The lowest BCUT2D eigenvalue weighted by Gasteiger charge is -2.32. The van der Waals surface area contributed by atoms with E-state index in [1.165, 1.54) is 30.8 Å². The Kier molecular flexibility index (Phi) is 5.32. The summed E-state index contributed by atoms with van der Waals surface area (Å²) in [5, 5.41) is 4.15. The molecule has 1 N–H and O–H groups in total. The quantitative estimate of drug-likeness (QED) is 0.886. The fourth-order valence-electron chi connectivity index (χ4n) is 2.30. The van der Waals surface area contributed by atoms with E-state index in [4.69, 9.17) is 0 Å². The van der Waals surface area contributed by atoms with E-state index in [9.17, 15) is 0 Å². The molecular formula is C14H23N3S. The molecule has 0 saturated carbocycles. The van der Waals surface area contributed by atoms with Crippen LogP contribution in [-0.2, 0) is 6.54 Å². The van der Waals surface area contributed by atoms with Gasteiger partial charge < -0.3 is 5.32 Å². The highest BCUT2D eigenvalue weighted by molar-refractivity contribution is 8.00. The van der Waals surface area contributed by atoms with Crippen molar-refractivity contribution in [3.63, 3.8) is 0 Å². The normalized spacial score (nSPS) is 20.9. The fraction of sp³-hybridized carbons (Fsp3) is 0.643. The summed E-state index contributed by atoms with van der Waals surface area (Å²) in [6.07, 6.45) is 3.14. The van der Waals surface area contributed by atoms with Crippen molar-refractivity contribution in [2.24, 2.45) is 0 Å². The molecule has 1 aliphatic heterocycles. The lowest BCUT2D eigenvalue weighted by atomic mass is 10.2. The second-order valence-electron chi connectivity index (χ2n) is 4.68. The number of pyridine rings is 1. The maximum Gasteiger partial charge on any atom is 0.130 e. The van der Waals surface area contributed by atoms with E-state index in [1.54, 1.807) is 0 Å². The second-order valence-corrected chi connectivity index (χ2v) is 6.09. The van der Waals surface area contributed by atoms with Crippen LogP contribution in [0.3, 0.4) is 0 Å². The van der Waals surface area contributed by atoms with Gasteiger partial charge in [-0.3, -0.25) is 4.90 Å². The first kappa shape index (κ1) is 13.7. The van der Waals surface area contributed by atoms with Crippen LogP contribution in [0.25, 0.3) is 0 Å². The van der Waals surface area contributed by atoms with Crippen LogP contribution >= 0.6 is 11.8 Å². The van der Waals surface area contributed by atoms with Gasteiger partial charge in [-0.15, -0.1) is 0 Å². The molecule has 0 spiro atoms. The Labute approximate surface area is 114 Å². The number of rotatable bonds is 5. The average molecular weight is 265 g/mol. The summed E-state index contributed by atoms with van der Waals surface area (Å²) in [5.74, 6) is 2.31.